The molecule has 0 spiro atoms. The van der Waals surface area contributed by atoms with Crippen molar-refractivity contribution in [3.8, 4) is 0 Å². The van der Waals surface area contributed by atoms with Gasteiger partial charge in [0.1, 0.15) is 17.4 Å². The molecule has 0 saturated carbocycles. The highest BCUT2D eigenvalue weighted by molar-refractivity contribution is 7.05. The summed E-state index contributed by atoms with van der Waals surface area (Å²) < 4.78 is 9.94. The molecule has 3 aromatic rings. The SMILES string of the molecule is CNC(c1cc2cc(C)ccc2o1)c1snnc1C. The van der Waals surface area contributed by atoms with E-state index in [9.17, 15) is 0 Å². The quantitative estimate of drug-likeness (QED) is 0.796. The van der Waals surface area contributed by atoms with E-state index in [-0.39, 0.29) is 6.04 Å². The lowest BCUT2D eigenvalue weighted by Gasteiger charge is -2.11. The Labute approximate surface area is 115 Å². The summed E-state index contributed by atoms with van der Waals surface area (Å²) in [7, 11) is 1.92. The third-order valence-corrected chi connectivity index (χ3v) is 4.10. The van der Waals surface area contributed by atoms with E-state index in [2.05, 4.69) is 40.0 Å². The number of benzene rings is 1. The Morgan fingerprint density at radius 3 is 2.79 bits per heavy atom. The fraction of sp³-hybridized carbons (Fsp3) is 0.286. The Morgan fingerprint density at radius 1 is 1.26 bits per heavy atom. The highest BCUT2D eigenvalue weighted by Crippen LogP contribution is 2.31. The van der Waals surface area contributed by atoms with Gasteiger partial charge in [0.05, 0.1) is 10.6 Å². The average molecular weight is 273 g/mol. The fourth-order valence-corrected chi connectivity index (χ4v) is 2.99. The number of rotatable bonds is 3. The summed E-state index contributed by atoms with van der Waals surface area (Å²) in [4.78, 5) is 1.10. The summed E-state index contributed by atoms with van der Waals surface area (Å²) >= 11 is 1.41. The van der Waals surface area contributed by atoms with Crippen LogP contribution in [-0.4, -0.2) is 16.6 Å². The largest absolute Gasteiger partial charge is 0.459 e. The number of fused-ring (bicyclic) bond motifs is 1. The lowest BCUT2D eigenvalue weighted by atomic mass is 10.1. The Balaban J connectivity index is 2.09. The van der Waals surface area contributed by atoms with Crippen LogP contribution >= 0.6 is 11.5 Å². The average Bonchev–Trinajstić information content (AvgIpc) is 2.97. The summed E-state index contributed by atoms with van der Waals surface area (Å²) in [5, 5.41) is 8.47. The van der Waals surface area contributed by atoms with Crippen molar-refractivity contribution in [3.05, 3.63) is 46.2 Å². The summed E-state index contributed by atoms with van der Waals surface area (Å²) in [6.45, 7) is 4.05. The molecular formula is C14H15N3OS. The lowest BCUT2D eigenvalue weighted by Crippen LogP contribution is -2.16. The van der Waals surface area contributed by atoms with Crippen LogP contribution < -0.4 is 5.32 Å². The summed E-state index contributed by atoms with van der Waals surface area (Å²) in [5.74, 6) is 0.900. The van der Waals surface area contributed by atoms with Gasteiger partial charge < -0.3 is 9.73 Å². The third kappa shape index (κ3) is 2.15. The van der Waals surface area contributed by atoms with Gasteiger partial charge in [-0.3, -0.25) is 0 Å². The van der Waals surface area contributed by atoms with Gasteiger partial charge in [0, 0.05) is 5.39 Å². The molecule has 19 heavy (non-hydrogen) atoms. The molecule has 1 aromatic carbocycles. The Bertz CT molecular complexity index is 716. The number of aryl methyl sites for hydroxylation is 2. The first-order chi connectivity index (χ1) is 9.19. The van der Waals surface area contributed by atoms with Gasteiger partial charge in [0.2, 0.25) is 0 Å². The summed E-state index contributed by atoms with van der Waals surface area (Å²) in [6, 6.07) is 8.30. The first-order valence-corrected chi connectivity index (χ1v) is 6.92. The Hall–Kier alpha value is -1.72. The minimum atomic E-state index is 0.00714. The zero-order valence-corrected chi connectivity index (χ0v) is 11.9. The Morgan fingerprint density at radius 2 is 2.11 bits per heavy atom. The third-order valence-electron chi connectivity index (χ3n) is 3.21. The number of nitrogens with one attached hydrogen (secondary N) is 1. The lowest BCUT2D eigenvalue weighted by molar-refractivity contribution is 0.494. The van der Waals surface area contributed by atoms with Gasteiger partial charge in [0.15, 0.2) is 0 Å². The van der Waals surface area contributed by atoms with Gasteiger partial charge in [-0.2, -0.15) is 0 Å². The van der Waals surface area contributed by atoms with Crippen LogP contribution in [0.15, 0.2) is 28.7 Å². The highest BCUT2D eigenvalue weighted by Gasteiger charge is 2.21. The molecule has 0 aliphatic carbocycles. The molecule has 0 aliphatic rings. The van der Waals surface area contributed by atoms with E-state index in [1.807, 2.05) is 20.0 Å². The molecule has 0 radical (unpaired) electrons. The fourth-order valence-electron chi connectivity index (χ4n) is 2.23. The number of aromatic nitrogens is 2. The van der Waals surface area contributed by atoms with Crippen LogP contribution in [0.1, 0.15) is 27.9 Å². The van der Waals surface area contributed by atoms with E-state index in [4.69, 9.17) is 4.42 Å². The monoisotopic (exact) mass is 273 g/mol. The minimum Gasteiger partial charge on any atom is -0.459 e. The maximum atomic E-state index is 5.94. The van der Waals surface area contributed by atoms with E-state index in [0.29, 0.717) is 0 Å². The molecule has 0 amide bonds. The van der Waals surface area contributed by atoms with Gasteiger partial charge in [-0.15, -0.1) is 5.10 Å². The van der Waals surface area contributed by atoms with Crippen LogP contribution in [0.3, 0.4) is 0 Å². The van der Waals surface area contributed by atoms with E-state index in [1.54, 1.807) is 0 Å². The van der Waals surface area contributed by atoms with Crippen LogP contribution in [0.25, 0.3) is 11.0 Å². The van der Waals surface area contributed by atoms with Crippen molar-refractivity contribution in [1.29, 1.82) is 0 Å². The van der Waals surface area contributed by atoms with E-state index in [1.165, 1.54) is 17.1 Å². The molecule has 3 rings (SSSR count). The highest BCUT2D eigenvalue weighted by atomic mass is 32.1. The summed E-state index contributed by atoms with van der Waals surface area (Å²) in [5.41, 5.74) is 3.09. The molecule has 98 valence electrons. The van der Waals surface area contributed by atoms with E-state index >= 15 is 0 Å². The van der Waals surface area contributed by atoms with E-state index in [0.717, 1.165) is 27.3 Å². The van der Waals surface area contributed by atoms with Crippen molar-refractivity contribution in [3.63, 3.8) is 0 Å². The molecule has 2 aromatic heterocycles. The van der Waals surface area contributed by atoms with Gasteiger partial charge >= 0.3 is 0 Å². The zero-order valence-electron chi connectivity index (χ0n) is 11.1. The van der Waals surface area contributed by atoms with Crippen LogP contribution in [0, 0.1) is 13.8 Å². The molecular weight excluding hydrogens is 258 g/mol. The molecule has 5 heteroatoms. The second kappa shape index (κ2) is 4.75. The van der Waals surface area contributed by atoms with Crippen molar-refractivity contribution in [2.24, 2.45) is 0 Å². The second-order valence-electron chi connectivity index (χ2n) is 4.63. The van der Waals surface area contributed by atoms with E-state index < -0.39 is 0 Å². The molecule has 0 fully saturated rings. The predicted octanol–water partition coefficient (Wildman–Crippen LogP) is 3.21. The van der Waals surface area contributed by atoms with Gasteiger partial charge in [0.25, 0.3) is 0 Å². The van der Waals surface area contributed by atoms with Crippen LogP contribution in [-0.2, 0) is 0 Å². The minimum absolute atomic E-state index is 0.00714. The first-order valence-electron chi connectivity index (χ1n) is 6.15. The maximum Gasteiger partial charge on any atom is 0.134 e. The smallest absolute Gasteiger partial charge is 0.134 e. The molecule has 1 N–H and O–H groups in total. The molecule has 0 saturated heterocycles. The van der Waals surface area contributed by atoms with Crippen molar-refractivity contribution in [2.45, 2.75) is 19.9 Å². The van der Waals surface area contributed by atoms with Gasteiger partial charge in [-0.05, 0) is 50.6 Å². The molecule has 1 unspecified atom stereocenters. The second-order valence-corrected chi connectivity index (χ2v) is 5.42. The molecule has 1 atom stereocenters. The van der Waals surface area contributed by atoms with Crippen molar-refractivity contribution < 1.29 is 4.42 Å². The van der Waals surface area contributed by atoms with Crippen molar-refractivity contribution in [1.82, 2.24) is 14.9 Å². The number of hydrogen-bond donors (Lipinski definition) is 1. The number of hydrogen-bond acceptors (Lipinski definition) is 5. The molecule has 4 nitrogen and oxygen atoms in total. The van der Waals surface area contributed by atoms with Crippen LogP contribution in [0.5, 0.6) is 0 Å². The normalized spacial score (nSPS) is 13.0. The first kappa shape index (κ1) is 12.3. The molecule has 0 aliphatic heterocycles. The predicted molar refractivity (Wildman–Crippen MR) is 76.5 cm³/mol. The molecule has 0 bridgehead atoms. The zero-order chi connectivity index (χ0) is 13.4. The topological polar surface area (TPSA) is 51.0 Å². The maximum absolute atomic E-state index is 5.94. The van der Waals surface area contributed by atoms with Gasteiger partial charge in [-0.1, -0.05) is 16.1 Å². The number of nitrogens with zero attached hydrogens (tertiary/aromatic N) is 2. The van der Waals surface area contributed by atoms with Crippen LogP contribution in [0.4, 0.5) is 0 Å². The van der Waals surface area contributed by atoms with Crippen molar-refractivity contribution >= 4 is 22.5 Å². The van der Waals surface area contributed by atoms with Crippen molar-refractivity contribution in [2.75, 3.05) is 7.05 Å². The Kier molecular flexibility index (Phi) is 3.08. The summed E-state index contributed by atoms with van der Waals surface area (Å²) in [6.07, 6.45) is 0. The standard InChI is InChI=1S/C14H15N3OS/c1-8-4-5-11-10(6-8)7-12(18-11)13(15-3)14-9(2)16-17-19-14/h4-7,13,15H,1-3H3. The molecule has 2 heterocycles. The number of furan rings is 1. The van der Waals surface area contributed by atoms with Gasteiger partial charge in [-0.25, -0.2) is 0 Å². The van der Waals surface area contributed by atoms with Crippen LogP contribution in [0.2, 0.25) is 0 Å².